The Balaban J connectivity index is 1.85. The van der Waals surface area contributed by atoms with E-state index in [4.69, 9.17) is 0 Å². The molecule has 0 spiro atoms. The number of rotatable bonds is 3. The van der Waals surface area contributed by atoms with E-state index in [2.05, 4.69) is 26.1 Å². The molecule has 22 heavy (non-hydrogen) atoms. The number of para-hydroxylation sites is 1. The first-order valence-electron chi connectivity index (χ1n) is 6.96. The number of benzene rings is 1. The Bertz CT molecular complexity index is 850. The van der Waals surface area contributed by atoms with E-state index in [0.717, 1.165) is 22.2 Å². The molecule has 0 aliphatic heterocycles. The molecule has 5 nitrogen and oxygen atoms in total. The lowest BCUT2D eigenvalue weighted by molar-refractivity contribution is 0.0955. The average molecular weight is 292 g/mol. The fourth-order valence-corrected chi connectivity index (χ4v) is 2.43. The molecule has 0 radical (unpaired) electrons. The van der Waals surface area contributed by atoms with E-state index in [1.807, 2.05) is 32.2 Å². The van der Waals surface area contributed by atoms with Gasteiger partial charge in [-0.15, -0.1) is 0 Å². The summed E-state index contributed by atoms with van der Waals surface area (Å²) in [5.41, 5.74) is 6.25. The summed E-state index contributed by atoms with van der Waals surface area (Å²) in [6.45, 7) is 2.03. The molecule has 1 amide bonds. The monoisotopic (exact) mass is 292 g/mol. The van der Waals surface area contributed by atoms with Crippen LogP contribution >= 0.6 is 0 Å². The van der Waals surface area contributed by atoms with E-state index in [9.17, 15) is 4.79 Å². The molecule has 110 valence electrons. The predicted molar refractivity (Wildman–Crippen MR) is 87.0 cm³/mol. The summed E-state index contributed by atoms with van der Waals surface area (Å²) >= 11 is 0. The molecule has 5 heteroatoms. The zero-order valence-electron chi connectivity index (χ0n) is 12.4. The van der Waals surface area contributed by atoms with E-state index in [1.165, 1.54) is 6.20 Å². The molecule has 1 aromatic carbocycles. The van der Waals surface area contributed by atoms with Gasteiger partial charge in [-0.25, -0.2) is 5.43 Å². The van der Waals surface area contributed by atoms with Crippen molar-refractivity contribution in [1.29, 1.82) is 0 Å². The number of nitrogens with one attached hydrogen (secondary N) is 1. The van der Waals surface area contributed by atoms with Gasteiger partial charge in [0, 0.05) is 41.6 Å². The van der Waals surface area contributed by atoms with E-state index in [0.29, 0.717) is 5.56 Å². The number of hydrogen-bond acceptors (Lipinski definition) is 3. The average Bonchev–Trinajstić information content (AvgIpc) is 2.81. The summed E-state index contributed by atoms with van der Waals surface area (Å²) in [5.74, 6) is -0.276. The molecule has 3 aromatic rings. The van der Waals surface area contributed by atoms with Crippen molar-refractivity contribution in [3.05, 3.63) is 65.6 Å². The Labute approximate surface area is 128 Å². The zero-order valence-corrected chi connectivity index (χ0v) is 12.4. The second-order valence-corrected chi connectivity index (χ2v) is 5.02. The summed E-state index contributed by atoms with van der Waals surface area (Å²) in [6, 6.07) is 11.5. The van der Waals surface area contributed by atoms with Crippen LogP contribution in [0.15, 0.2) is 53.9 Å². The van der Waals surface area contributed by atoms with Crippen LogP contribution in [0.3, 0.4) is 0 Å². The Kier molecular flexibility index (Phi) is 3.70. The molecule has 0 aliphatic rings. The second-order valence-electron chi connectivity index (χ2n) is 5.02. The van der Waals surface area contributed by atoms with Crippen LogP contribution < -0.4 is 5.43 Å². The van der Waals surface area contributed by atoms with Gasteiger partial charge in [0.15, 0.2) is 0 Å². The number of hydrogen-bond donors (Lipinski definition) is 1. The van der Waals surface area contributed by atoms with Gasteiger partial charge in [-0.3, -0.25) is 9.78 Å². The fraction of sp³-hybridized carbons (Fsp3) is 0.118. The molecule has 0 atom stereocenters. The topological polar surface area (TPSA) is 59.3 Å². The first kappa shape index (κ1) is 14.0. The van der Waals surface area contributed by atoms with Crippen molar-refractivity contribution in [3.63, 3.8) is 0 Å². The van der Waals surface area contributed by atoms with Crippen molar-refractivity contribution in [2.75, 3.05) is 0 Å². The minimum atomic E-state index is -0.276. The highest BCUT2D eigenvalue weighted by atomic mass is 16.2. The third-order valence-electron chi connectivity index (χ3n) is 3.73. The first-order chi connectivity index (χ1) is 10.7. The normalized spacial score (nSPS) is 11.2. The second kappa shape index (κ2) is 5.81. The van der Waals surface area contributed by atoms with Gasteiger partial charge in [-0.1, -0.05) is 18.2 Å². The molecule has 2 aromatic heterocycles. The Morgan fingerprint density at radius 1 is 1.27 bits per heavy atom. The summed E-state index contributed by atoms with van der Waals surface area (Å²) < 4.78 is 2.11. The summed E-state index contributed by atoms with van der Waals surface area (Å²) in [5, 5.41) is 5.19. The van der Waals surface area contributed by atoms with Crippen LogP contribution in [0.25, 0.3) is 10.9 Å². The number of aryl methyl sites for hydroxylation is 1. The van der Waals surface area contributed by atoms with Crippen molar-refractivity contribution in [1.82, 2.24) is 15.0 Å². The van der Waals surface area contributed by atoms with Crippen LogP contribution in [-0.2, 0) is 7.05 Å². The fourth-order valence-electron chi connectivity index (χ4n) is 2.43. The SMILES string of the molecule is Cc1c(/C=N/NC(=O)c2cccnc2)c2ccccc2n1C. The minimum Gasteiger partial charge on any atom is -0.347 e. The van der Waals surface area contributed by atoms with Crippen LogP contribution in [0.2, 0.25) is 0 Å². The molecular weight excluding hydrogens is 276 g/mol. The number of pyridine rings is 1. The lowest BCUT2D eigenvalue weighted by Crippen LogP contribution is -2.17. The van der Waals surface area contributed by atoms with Crippen molar-refractivity contribution < 1.29 is 4.79 Å². The van der Waals surface area contributed by atoms with Gasteiger partial charge >= 0.3 is 0 Å². The third kappa shape index (κ3) is 2.48. The molecular formula is C17H16N4O. The highest BCUT2D eigenvalue weighted by molar-refractivity contribution is 6.02. The third-order valence-corrected chi connectivity index (χ3v) is 3.73. The quantitative estimate of drug-likeness (QED) is 0.596. The number of hydrazone groups is 1. The Morgan fingerprint density at radius 2 is 2.09 bits per heavy atom. The zero-order chi connectivity index (χ0) is 15.5. The van der Waals surface area contributed by atoms with E-state index < -0.39 is 0 Å². The van der Waals surface area contributed by atoms with Gasteiger partial charge in [0.1, 0.15) is 0 Å². The maximum atomic E-state index is 11.9. The predicted octanol–water partition coefficient (Wildman–Crippen LogP) is 2.65. The summed E-state index contributed by atoms with van der Waals surface area (Å²) in [6.07, 6.45) is 4.82. The molecule has 0 aliphatic carbocycles. The van der Waals surface area contributed by atoms with Crippen LogP contribution in [-0.4, -0.2) is 21.7 Å². The molecule has 0 saturated heterocycles. The number of nitrogens with zero attached hydrogens (tertiary/aromatic N) is 3. The number of carbonyl (C=O) groups excluding carboxylic acids is 1. The van der Waals surface area contributed by atoms with Gasteiger partial charge in [-0.2, -0.15) is 5.10 Å². The molecule has 0 saturated carbocycles. The lowest BCUT2D eigenvalue weighted by atomic mass is 10.1. The Morgan fingerprint density at radius 3 is 2.86 bits per heavy atom. The van der Waals surface area contributed by atoms with Crippen molar-refractivity contribution >= 4 is 23.0 Å². The summed E-state index contributed by atoms with van der Waals surface area (Å²) in [4.78, 5) is 15.8. The lowest BCUT2D eigenvalue weighted by Gasteiger charge is -1.99. The molecule has 1 N–H and O–H groups in total. The standard InChI is InChI=1S/C17H16N4O/c1-12-15(14-7-3-4-8-16(14)21(12)2)11-19-20-17(22)13-6-5-9-18-10-13/h3-11H,1-2H3,(H,20,22)/b19-11+. The van der Waals surface area contributed by atoms with Gasteiger partial charge in [0.05, 0.1) is 11.8 Å². The van der Waals surface area contributed by atoms with Crippen LogP contribution in [0.1, 0.15) is 21.6 Å². The van der Waals surface area contributed by atoms with Crippen molar-refractivity contribution in [2.45, 2.75) is 6.92 Å². The number of fused-ring (bicyclic) bond motifs is 1. The maximum absolute atomic E-state index is 11.9. The summed E-state index contributed by atoms with van der Waals surface area (Å²) in [7, 11) is 2.02. The molecule has 0 fully saturated rings. The number of carbonyl (C=O) groups is 1. The first-order valence-corrected chi connectivity index (χ1v) is 6.96. The van der Waals surface area contributed by atoms with Crippen LogP contribution in [0.4, 0.5) is 0 Å². The van der Waals surface area contributed by atoms with Crippen LogP contribution in [0.5, 0.6) is 0 Å². The molecule has 0 unspecified atom stereocenters. The number of aromatic nitrogens is 2. The minimum absolute atomic E-state index is 0.276. The molecule has 3 rings (SSSR count). The van der Waals surface area contributed by atoms with Gasteiger partial charge in [0.2, 0.25) is 0 Å². The smallest absolute Gasteiger partial charge is 0.272 e. The molecule has 0 bridgehead atoms. The van der Waals surface area contributed by atoms with Gasteiger partial charge in [0.25, 0.3) is 5.91 Å². The van der Waals surface area contributed by atoms with E-state index in [-0.39, 0.29) is 5.91 Å². The van der Waals surface area contributed by atoms with Crippen molar-refractivity contribution in [3.8, 4) is 0 Å². The maximum Gasteiger partial charge on any atom is 0.272 e. The largest absolute Gasteiger partial charge is 0.347 e. The number of amides is 1. The van der Waals surface area contributed by atoms with Crippen LogP contribution in [0, 0.1) is 6.92 Å². The molecule has 2 heterocycles. The highest BCUT2D eigenvalue weighted by Crippen LogP contribution is 2.22. The van der Waals surface area contributed by atoms with Gasteiger partial charge in [-0.05, 0) is 25.1 Å². The highest BCUT2D eigenvalue weighted by Gasteiger charge is 2.09. The van der Waals surface area contributed by atoms with Crippen molar-refractivity contribution in [2.24, 2.45) is 12.1 Å². The van der Waals surface area contributed by atoms with Gasteiger partial charge < -0.3 is 4.57 Å². The van der Waals surface area contributed by atoms with E-state index >= 15 is 0 Å². The Hall–Kier alpha value is -2.95. The van der Waals surface area contributed by atoms with E-state index in [1.54, 1.807) is 24.5 Å².